The van der Waals surface area contributed by atoms with Crippen LogP contribution < -0.4 is 30.2 Å². The van der Waals surface area contributed by atoms with Crippen LogP contribution in [0.4, 0.5) is 34.1 Å². The van der Waals surface area contributed by atoms with Crippen LogP contribution in [0.1, 0.15) is 161 Å². The number of fused-ring (bicyclic) bond motifs is 9. The zero-order valence-electron chi connectivity index (χ0n) is 46.3. The fourth-order valence-corrected chi connectivity index (χ4v) is 14.1. The normalized spacial score (nSPS) is 17.0. The first-order valence-electron chi connectivity index (χ1n) is 26.9. The summed E-state index contributed by atoms with van der Waals surface area (Å²) in [4.78, 5) is 5.32. The lowest BCUT2D eigenvalue weighted by atomic mass is 9.36. The number of benzene rings is 7. The van der Waals surface area contributed by atoms with Crippen molar-refractivity contribution in [1.82, 2.24) is 0 Å². The van der Waals surface area contributed by atoms with Gasteiger partial charge in [0.15, 0.2) is 0 Å². The smallest absolute Gasteiger partial charge is 0.264 e. The highest BCUT2D eigenvalue weighted by Crippen LogP contribution is 2.55. The highest BCUT2D eigenvalue weighted by Gasteiger charge is 2.48. The molecule has 0 saturated heterocycles. The molecular weight excluding hydrogens is 904 g/mol. The molecule has 73 heavy (non-hydrogen) atoms. The molecule has 0 saturated carbocycles. The van der Waals surface area contributed by atoms with E-state index in [-0.39, 0.29) is 39.2 Å². The molecule has 4 heterocycles. The molecule has 0 unspecified atom stereocenters. The van der Waals surface area contributed by atoms with Crippen molar-refractivity contribution in [3.8, 4) is 22.6 Å². The molecule has 3 nitrogen and oxygen atoms in total. The maximum atomic E-state index is 7.09. The van der Waals surface area contributed by atoms with Crippen LogP contribution in [0.2, 0.25) is 0 Å². The Kier molecular flexibility index (Phi) is 10.3. The lowest BCUT2D eigenvalue weighted by Gasteiger charge is -2.46. The molecule has 0 bridgehead atoms. The molecule has 4 aliphatic rings. The second-order valence-electron chi connectivity index (χ2n) is 27.0. The van der Waals surface area contributed by atoms with E-state index in [2.05, 4.69) is 248 Å². The number of hydrogen-bond donors (Lipinski definition) is 0. The van der Waals surface area contributed by atoms with Crippen LogP contribution in [0.5, 0.6) is 11.5 Å². The van der Waals surface area contributed by atoms with E-state index < -0.39 is 0 Å². The second-order valence-corrected chi connectivity index (χ2v) is 28.1. The van der Waals surface area contributed by atoms with E-state index in [1.54, 1.807) is 0 Å². The molecule has 1 aromatic heterocycles. The van der Waals surface area contributed by atoms with Gasteiger partial charge in [0.05, 0.1) is 11.4 Å². The summed E-state index contributed by atoms with van der Waals surface area (Å²) in [6, 6.07) is 50.1. The predicted octanol–water partition coefficient (Wildman–Crippen LogP) is 17.6. The van der Waals surface area contributed by atoms with Crippen molar-refractivity contribution >= 4 is 78.0 Å². The monoisotopic (exact) mass is 977 g/mol. The van der Waals surface area contributed by atoms with Gasteiger partial charge in [-0.2, -0.15) is 0 Å². The molecule has 0 radical (unpaired) electrons. The van der Waals surface area contributed by atoms with Gasteiger partial charge in [0.25, 0.3) is 6.71 Å². The van der Waals surface area contributed by atoms with Crippen LogP contribution in [-0.2, 0) is 32.5 Å². The van der Waals surface area contributed by atoms with Gasteiger partial charge in [-0.1, -0.05) is 171 Å². The topological polar surface area (TPSA) is 15.7 Å². The van der Waals surface area contributed by atoms with Gasteiger partial charge in [-0.05, 0) is 151 Å². The average Bonchev–Trinajstić information content (AvgIpc) is 3.70. The van der Waals surface area contributed by atoms with Crippen LogP contribution in [-0.4, -0.2) is 6.71 Å². The van der Waals surface area contributed by atoms with Crippen molar-refractivity contribution in [3.63, 3.8) is 0 Å². The Balaban J connectivity index is 1.20. The first-order chi connectivity index (χ1) is 34.2. The molecule has 3 aliphatic heterocycles. The van der Waals surface area contributed by atoms with E-state index >= 15 is 0 Å². The highest BCUT2D eigenvalue weighted by atomic mass is 32.1. The van der Waals surface area contributed by atoms with Crippen LogP contribution in [0, 0.1) is 6.92 Å². The highest BCUT2D eigenvalue weighted by molar-refractivity contribution is 7.33. The minimum Gasteiger partial charge on any atom is -0.457 e. The number of rotatable bonds is 3. The lowest BCUT2D eigenvalue weighted by Crippen LogP contribution is -2.60. The number of hydrogen-bond acceptors (Lipinski definition) is 4. The average molecular weight is 977 g/mol. The van der Waals surface area contributed by atoms with Crippen molar-refractivity contribution in [2.75, 3.05) is 9.80 Å². The summed E-state index contributed by atoms with van der Waals surface area (Å²) in [6.07, 6.45) is 2.35. The van der Waals surface area contributed by atoms with Gasteiger partial charge >= 0.3 is 0 Å². The van der Waals surface area contributed by atoms with Gasteiger partial charge < -0.3 is 14.5 Å². The molecule has 8 aromatic rings. The molecular formula is C68H73BN2OS. The van der Waals surface area contributed by atoms with Crippen LogP contribution >= 0.6 is 11.3 Å². The molecule has 5 heteroatoms. The van der Waals surface area contributed by atoms with E-state index in [0.29, 0.717) is 0 Å². The Morgan fingerprint density at radius 3 is 1.82 bits per heavy atom. The summed E-state index contributed by atoms with van der Waals surface area (Å²) in [5.41, 5.74) is 22.9. The first kappa shape index (κ1) is 47.9. The van der Waals surface area contributed by atoms with Gasteiger partial charge in [-0.25, -0.2) is 0 Å². The van der Waals surface area contributed by atoms with E-state index in [1.165, 1.54) is 122 Å². The Labute approximate surface area is 440 Å². The second kappa shape index (κ2) is 15.7. The number of nitrogens with zero attached hydrogens (tertiary/aromatic N) is 2. The van der Waals surface area contributed by atoms with Crippen LogP contribution in [0.3, 0.4) is 0 Å². The third kappa shape index (κ3) is 7.40. The van der Waals surface area contributed by atoms with Crippen molar-refractivity contribution in [2.24, 2.45) is 0 Å². The van der Waals surface area contributed by atoms with E-state index in [0.717, 1.165) is 17.9 Å². The predicted molar refractivity (Wildman–Crippen MR) is 316 cm³/mol. The van der Waals surface area contributed by atoms with Gasteiger partial charge in [0.1, 0.15) is 11.5 Å². The van der Waals surface area contributed by atoms with Crippen molar-refractivity contribution in [1.29, 1.82) is 0 Å². The Bertz CT molecular complexity index is 3600. The minimum absolute atomic E-state index is 0.0161. The van der Waals surface area contributed by atoms with Crippen molar-refractivity contribution in [2.45, 2.75) is 156 Å². The molecule has 0 spiro atoms. The molecule has 370 valence electrons. The quantitative estimate of drug-likeness (QED) is 0.164. The van der Waals surface area contributed by atoms with E-state index in [9.17, 15) is 0 Å². The Morgan fingerprint density at radius 2 is 1.14 bits per heavy atom. The van der Waals surface area contributed by atoms with Gasteiger partial charge in [-0.15, -0.1) is 11.3 Å². The summed E-state index contributed by atoms with van der Waals surface area (Å²) < 4.78 is 9.81. The Hall–Kier alpha value is -6.04. The van der Waals surface area contributed by atoms with E-state index in [4.69, 9.17) is 4.74 Å². The summed E-state index contributed by atoms with van der Waals surface area (Å²) in [5, 5.41) is 1.33. The fourth-order valence-electron chi connectivity index (χ4n) is 12.8. The maximum Gasteiger partial charge on any atom is 0.264 e. The summed E-state index contributed by atoms with van der Waals surface area (Å²) in [6.45, 7) is 37.8. The molecule has 12 rings (SSSR count). The first-order valence-corrected chi connectivity index (χ1v) is 27.7. The number of para-hydroxylation sites is 1. The fraction of sp³-hybridized carbons (Fsp3) is 0.353. The zero-order chi connectivity index (χ0) is 51.7. The molecule has 0 amide bonds. The SMILES string of the molecule is Cc1cc2c3c(c1)N(c1ccc4c(c1)C(C)(C)CCC4(C)C)c1c(sc4ccc(C(C)(C)C)cc14)B3c1cc3c(cc1N2c1ccc(C(C)(C)C)cc1-c1ccc(C(C)(C)C)cc1)Oc1ccccc1C3(C)C. The minimum atomic E-state index is -0.302. The van der Waals surface area contributed by atoms with Gasteiger partial charge in [-0.3, -0.25) is 0 Å². The number of anilines is 6. The Morgan fingerprint density at radius 1 is 0.521 bits per heavy atom. The van der Waals surface area contributed by atoms with Crippen molar-refractivity contribution in [3.05, 3.63) is 172 Å². The third-order valence-electron chi connectivity index (χ3n) is 17.5. The third-order valence-corrected chi connectivity index (χ3v) is 18.7. The van der Waals surface area contributed by atoms with Crippen molar-refractivity contribution < 1.29 is 4.74 Å². The summed E-state index contributed by atoms with van der Waals surface area (Å²) in [7, 11) is 0. The van der Waals surface area contributed by atoms with E-state index in [1.807, 2.05) is 11.3 Å². The standard InChI is InChI=1S/C68H73BN2OS/c1-40-33-55-60-56(34-40)71(53-29-25-43(64(5,6)7)35-46(53)41-21-23-42(24-22-41)63(2,3)4)54-39-58-51(68(15,16)49-19-17-18-20-57(49)72-58)38-52(54)69(60)62-61(47-36-44(65(8,9)10)26-30-59(47)73-62)70(55)45-27-28-48-50(37-45)67(13,14)32-31-66(48,11)12/h17-30,33-39H,31-32H2,1-16H3. The largest absolute Gasteiger partial charge is 0.457 e. The molecule has 0 N–H and O–H groups in total. The maximum absolute atomic E-state index is 7.09. The number of aryl methyl sites for hydroxylation is 1. The van der Waals surface area contributed by atoms with Gasteiger partial charge in [0, 0.05) is 65.8 Å². The zero-order valence-corrected chi connectivity index (χ0v) is 47.1. The molecule has 7 aromatic carbocycles. The van der Waals surface area contributed by atoms with Crippen LogP contribution in [0.15, 0.2) is 127 Å². The molecule has 0 fully saturated rings. The number of ether oxygens (including phenoxy) is 1. The van der Waals surface area contributed by atoms with Gasteiger partial charge in [0.2, 0.25) is 0 Å². The summed E-state index contributed by atoms with van der Waals surface area (Å²) in [5.74, 6) is 1.86. The summed E-state index contributed by atoms with van der Waals surface area (Å²) >= 11 is 1.99. The lowest BCUT2D eigenvalue weighted by molar-refractivity contribution is 0.332. The molecule has 1 aliphatic carbocycles. The number of thiophene rings is 1. The molecule has 0 atom stereocenters. The van der Waals surface area contributed by atoms with Crippen LogP contribution in [0.25, 0.3) is 21.2 Å².